The van der Waals surface area contributed by atoms with Crippen LogP contribution in [0.4, 0.5) is 11.4 Å². The first-order chi connectivity index (χ1) is 8.32. The number of nitrogens with zero attached hydrogens (tertiary/aromatic N) is 2. The smallest absolute Gasteiger partial charge is 0.272 e. The van der Waals surface area contributed by atoms with E-state index in [1.165, 1.54) is 17.0 Å². The molecule has 0 aliphatic carbocycles. The van der Waals surface area contributed by atoms with Crippen molar-refractivity contribution >= 4 is 40.5 Å². The lowest BCUT2D eigenvalue weighted by Crippen LogP contribution is -2.28. The van der Waals surface area contributed by atoms with Crippen molar-refractivity contribution in [1.29, 1.82) is 0 Å². The second kappa shape index (κ2) is 5.88. The highest BCUT2D eigenvalue weighted by Gasteiger charge is 2.15. The summed E-state index contributed by atoms with van der Waals surface area (Å²) in [6.45, 7) is 0.00422. The summed E-state index contributed by atoms with van der Waals surface area (Å²) in [5, 5.41) is 13.5. The van der Waals surface area contributed by atoms with Crippen LogP contribution in [0.15, 0.2) is 12.1 Å². The van der Waals surface area contributed by atoms with Crippen LogP contribution in [0.2, 0.25) is 10.0 Å². The number of likely N-dealkylation sites (N-methyl/N-ethyl adjacent to an activating group) is 1. The molecule has 0 unspecified atom stereocenters. The van der Waals surface area contributed by atoms with Crippen LogP contribution >= 0.6 is 23.2 Å². The van der Waals surface area contributed by atoms with E-state index >= 15 is 0 Å². The van der Waals surface area contributed by atoms with Gasteiger partial charge in [-0.2, -0.15) is 0 Å². The molecule has 1 aromatic rings. The summed E-state index contributed by atoms with van der Waals surface area (Å²) in [7, 11) is 3.23. The van der Waals surface area contributed by atoms with Crippen LogP contribution in [0.1, 0.15) is 0 Å². The van der Waals surface area contributed by atoms with Gasteiger partial charge in [-0.25, -0.2) is 0 Å². The summed E-state index contributed by atoms with van der Waals surface area (Å²) >= 11 is 11.7. The van der Waals surface area contributed by atoms with Crippen molar-refractivity contribution in [3.63, 3.8) is 0 Å². The topological polar surface area (TPSA) is 75.5 Å². The number of nitrogens with one attached hydrogen (secondary N) is 1. The standard InChI is InChI=1S/C10H11Cl2N3O3/c1-14(2)9(16)5-13-10-7(11)3-6(15(17)18)4-8(10)12/h3-4,13H,5H2,1-2H3. The second-order valence-corrected chi connectivity index (χ2v) is 4.50. The van der Waals surface area contributed by atoms with E-state index in [-0.39, 0.29) is 28.2 Å². The summed E-state index contributed by atoms with van der Waals surface area (Å²) in [5.41, 5.74) is 0.105. The third-order valence-electron chi connectivity index (χ3n) is 2.15. The molecule has 1 rings (SSSR count). The highest BCUT2D eigenvalue weighted by atomic mass is 35.5. The molecule has 0 heterocycles. The molecular formula is C10H11Cl2N3O3. The number of rotatable bonds is 4. The number of benzene rings is 1. The number of carbonyl (C=O) groups is 1. The quantitative estimate of drug-likeness (QED) is 0.683. The van der Waals surface area contributed by atoms with E-state index in [1.807, 2.05) is 0 Å². The molecule has 0 aromatic heterocycles. The molecule has 8 heteroatoms. The number of hydrogen-bond donors (Lipinski definition) is 1. The lowest BCUT2D eigenvalue weighted by atomic mass is 10.2. The minimum absolute atomic E-state index is 0.00422. The van der Waals surface area contributed by atoms with Crippen molar-refractivity contribution in [2.24, 2.45) is 0 Å². The second-order valence-electron chi connectivity index (χ2n) is 3.68. The van der Waals surface area contributed by atoms with E-state index in [0.29, 0.717) is 5.69 Å². The lowest BCUT2D eigenvalue weighted by Gasteiger charge is -2.13. The van der Waals surface area contributed by atoms with Gasteiger partial charge < -0.3 is 10.2 Å². The minimum Gasteiger partial charge on any atom is -0.374 e. The van der Waals surface area contributed by atoms with E-state index in [4.69, 9.17) is 23.2 Å². The molecule has 0 saturated heterocycles. The number of nitro benzene ring substituents is 1. The minimum atomic E-state index is -0.591. The van der Waals surface area contributed by atoms with Gasteiger partial charge in [0.1, 0.15) is 0 Å². The number of anilines is 1. The molecule has 1 N–H and O–H groups in total. The van der Waals surface area contributed by atoms with Gasteiger partial charge in [0.25, 0.3) is 5.69 Å². The van der Waals surface area contributed by atoms with E-state index < -0.39 is 4.92 Å². The number of nitro groups is 1. The Bertz CT molecular complexity index is 468. The Kier molecular flexibility index (Phi) is 4.75. The summed E-state index contributed by atoms with van der Waals surface area (Å²) in [6, 6.07) is 2.35. The molecular weight excluding hydrogens is 281 g/mol. The molecule has 98 valence electrons. The fourth-order valence-corrected chi connectivity index (χ4v) is 1.77. The van der Waals surface area contributed by atoms with Crippen LogP contribution in [0.25, 0.3) is 0 Å². The van der Waals surface area contributed by atoms with Crippen molar-refractivity contribution in [1.82, 2.24) is 4.90 Å². The predicted molar refractivity (Wildman–Crippen MR) is 70.3 cm³/mol. The number of carbonyl (C=O) groups excluding carboxylic acids is 1. The van der Waals surface area contributed by atoms with Gasteiger partial charge in [-0.1, -0.05) is 23.2 Å². The third kappa shape index (κ3) is 3.48. The molecule has 1 aromatic carbocycles. The van der Waals surface area contributed by atoms with Crippen molar-refractivity contribution in [3.05, 3.63) is 32.3 Å². The molecule has 0 atom stereocenters. The molecule has 18 heavy (non-hydrogen) atoms. The Morgan fingerprint density at radius 3 is 2.28 bits per heavy atom. The summed E-state index contributed by atoms with van der Waals surface area (Å²) in [5.74, 6) is -0.166. The fraction of sp³-hybridized carbons (Fsp3) is 0.300. The van der Waals surface area contributed by atoms with Crippen LogP contribution in [0.5, 0.6) is 0 Å². The van der Waals surface area contributed by atoms with Crippen LogP contribution in [0.3, 0.4) is 0 Å². The zero-order valence-corrected chi connectivity index (χ0v) is 11.2. The zero-order valence-electron chi connectivity index (χ0n) is 9.74. The highest BCUT2D eigenvalue weighted by Crippen LogP contribution is 2.34. The van der Waals surface area contributed by atoms with Gasteiger partial charge in [0.05, 0.1) is 27.2 Å². The predicted octanol–water partition coefficient (Wildman–Crippen LogP) is 2.40. The lowest BCUT2D eigenvalue weighted by molar-refractivity contribution is -0.384. The van der Waals surface area contributed by atoms with Crippen molar-refractivity contribution in [2.75, 3.05) is 26.0 Å². The maximum absolute atomic E-state index is 11.4. The number of hydrogen-bond acceptors (Lipinski definition) is 4. The third-order valence-corrected chi connectivity index (χ3v) is 2.75. The Morgan fingerprint density at radius 1 is 1.39 bits per heavy atom. The van der Waals surface area contributed by atoms with Gasteiger partial charge in [0.15, 0.2) is 0 Å². The molecule has 0 bridgehead atoms. The average Bonchev–Trinajstić information content (AvgIpc) is 2.26. The van der Waals surface area contributed by atoms with Crippen LogP contribution in [0, 0.1) is 10.1 Å². The van der Waals surface area contributed by atoms with E-state index in [1.54, 1.807) is 14.1 Å². The van der Waals surface area contributed by atoms with Crippen LogP contribution in [-0.4, -0.2) is 36.4 Å². The number of non-ortho nitro benzene ring substituents is 1. The molecule has 0 saturated carbocycles. The normalized spacial score (nSPS) is 10.0. The summed E-state index contributed by atoms with van der Waals surface area (Å²) < 4.78 is 0. The first-order valence-electron chi connectivity index (χ1n) is 4.90. The van der Waals surface area contributed by atoms with Gasteiger partial charge in [-0.3, -0.25) is 14.9 Å². The van der Waals surface area contributed by atoms with Gasteiger partial charge in [0.2, 0.25) is 5.91 Å². The Labute approximate surface area is 114 Å². The van der Waals surface area contributed by atoms with Crippen LogP contribution in [-0.2, 0) is 4.79 Å². The first-order valence-corrected chi connectivity index (χ1v) is 5.66. The van der Waals surface area contributed by atoms with Gasteiger partial charge in [-0.15, -0.1) is 0 Å². The molecule has 6 nitrogen and oxygen atoms in total. The largest absolute Gasteiger partial charge is 0.374 e. The molecule has 1 amide bonds. The molecule has 0 radical (unpaired) electrons. The maximum Gasteiger partial charge on any atom is 0.272 e. The van der Waals surface area contributed by atoms with Crippen LogP contribution < -0.4 is 5.32 Å². The highest BCUT2D eigenvalue weighted by molar-refractivity contribution is 6.39. The zero-order chi connectivity index (χ0) is 13.9. The first kappa shape index (κ1) is 14.5. The van der Waals surface area contributed by atoms with Crippen molar-refractivity contribution in [3.8, 4) is 0 Å². The van der Waals surface area contributed by atoms with Crippen molar-refractivity contribution in [2.45, 2.75) is 0 Å². The molecule has 0 aliphatic rings. The molecule has 0 spiro atoms. The van der Waals surface area contributed by atoms with E-state index in [9.17, 15) is 14.9 Å². The van der Waals surface area contributed by atoms with E-state index in [0.717, 1.165) is 0 Å². The van der Waals surface area contributed by atoms with Gasteiger partial charge in [0, 0.05) is 26.2 Å². The fourth-order valence-electron chi connectivity index (χ4n) is 1.16. The monoisotopic (exact) mass is 291 g/mol. The summed E-state index contributed by atoms with van der Waals surface area (Å²) in [4.78, 5) is 22.8. The number of halogens is 2. The average molecular weight is 292 g/mol. The Morgan fingerprint density at radius 2 is 1.89 bits per heavy atom. The number of amides is 1. The van der Waals surface area contributed by atoms with Gasteiger partial charge in [-0.05, 0) is 0 Å². The Balaban J connectivity index is 2.91. The molecule has 0 fully saturated rings. The van der Waals surface area contributed by atoms with E-state index in [2.05, 4.69) is 5.32 Å². The molecule has 0 aliphatic heterocycles. The Hall–Kier alpha value is -1.53. The summed E-state index contributed by atoms with van der Waals surface area (Å²) in [6.07, 6.45) is 0. The SMILES string of the molecule is CN(C)C(=O)CNc1c(Cl)cc([N+](=O)[O-])cc1Cl. The maximum atomic E-state index is 11.4. The van der Waals surface area contributed by atoms with Gasteiger partial charge >= 0.3 is 0 Å². The van der Waals surface area contributed by atoms with Crippen molar-refractivity contribution < 1.29 is 9.72 Å².